The third-order valence-electron chi connectivity index (χ3n) is 3.36. The average Bonchev–Trinajstić information content (AvgIpc) is 2.79. The second kappa shape index (κ2) is 5.93. The van der Waals surface area contributed by atoms with Crippen molar-refractivity contribution in [3.8, 4) is 0 Å². The van der Waals surface area contributed by atoms with E-state index in [0.29, 0.717) is 18.9 Å². The predicted molar refractivity (Wildman–Crippen MR) is 71.8 cm³/mol. The SMILES string of the molecule is O=C(NCC1(O)CCCC1)Nc1c(F)cc(F)cc1Cl. The van der Waals surface area contributed by atoms with E-state index in [1.807, 2.05) is 0 Å². The molecule has 20 heavy (non-hydrogen) atoms. The highest BCUT2D eigenvalue weighted by Crippen LogP contribution is 2.29. The largest absolute Gasteiger partial charge is 0.388 e. The predicted octanol–water partition coefficient (Wildman–Crippen LogP) is 3.04. The van der Waals surface area contributed by atoms with Gasteiger partial charge < -0.3 is 15.7 Å². The average molecular weight is 305 g/mol. The molecule has 110 valence electrons. The Balaban J connectivity index is 1.95. The van der Waals surface area contributed by atoms with E-state index in [-0.39, 0.29) is 17.3 Å². The van der Waals surface area contributed by atoms with Gasteiger partial charge in [-0.1, -0.05) is 24.4 Å². The summed E-state index contributed by atoms with van der Waals surface area (Å²) in [7, 11) is 0. The molecule has 0 aromatic heterocycles. The summed E-state index contributed by atoms with van der Waals surface area (Å²) in [6.07, 6.45) is 3.08. The van der Waals surface area contributed by atoms with Crippen molar-refractivity contribution >= 4 is 23.3 Å². The molecule has 1 saturated carbocycles. The van der Waals surface area contributed by atoms with Crippen LogP contribution in [0, 0.1) is 11.6 Å². The summed E-state index contributed by atoms with van der Waals surface area (Å²) in [6.45, 7) is 0.0826. The lowest BCUT2D eigenvalue weighted by Gasteiger charge is -2.22. The fourth-order valence-corrected chi connectivity index (χ4v) is 2.52. The number of halogens is 3. The van der Waals surface area contributed by atoms with Crippen LogP contribution in [0.5, 0.6) is 0 Å². The molecule has 0 unspecified atom stereocenters. The molecule has 1 aliphatic carbocycles. The van der Waals surface area contributed by atoms with Crippen LogP contribution in [0.4, 0.5) is 19.3 Å². The van der Waals surface area contributed by atoms with Crippen LogP contribution in [0.1, 0.15) is 25.7 Å². The Morgan fingerprint density at radius 3 is 2.60 bits per heavy atom. The third kappa shape index (κ3) is 3.58. The molecule has 7 heteroatoms. The molecule has 0 saturated heterocycles. The van der Waals surface area contributed by atoms with Crippen molar-refractivity contribution in [3.05, 3.63) is 28.8 Å². The van der Waals surface area contributed by atoms with E-state index in [0.717, 1.165) is 18.9 Å². The number of nitrogens with one attached hydrogen (secondary N) is 2. The molecule has 0 atom stereocenters. The molecule has 3 N–H and O–H groups in total. The van der Waals surface area contributed by atoms with Crippen LogP contribution in [0.15, 0.2) is 12.1 Å². The monoisotopic (exact) mass is 304 g/mol. The zero-order chi connectivity index (χ0) is 14.8. The van der Waals surface area contributed by atoms with Crippen molar-refractivity contribution < 1.29 is 18.7 Å². The molecule has 0 spiro atoms. The lowest BCUT2D eigenvalue weighted by atomic mass is 10.0. The molecule has 1 aromatic rings. The van der Waals surface area contributed by atoms with Gasteiger partial charge in [-0.05, 0) is 18.9 Å². The lowest BCUT2D eigenvalue weighted by molar-refractivity contribution is 0.0506. The third-order valence-corrected chi connectivity index (χ3v) is 3.66. The Bertz CT molecular complexity index is 496. The highest BCUT2D eigenvalue weighted by Gasteiger charge is 2.31. The molecular formula is C13H15ClF2N2O2. The van der Waals surface area contributed by atoms with Crippen molar-refractivity contribution in [3.63, 3.8) is 0 Å². The number of amides is 2. The Morgan fingerprint density at radius 2 is 2.00 bits per heavy atom. The van der Waals surface area contributed by atoms with Gasteiger partial charge in [0.2, 0.25) is 0 Å². The first-order valence-electron chi connectivity index (χ1n) is 6.31. The van der Waals surface area contributed by atoms with Crippen LogP contribution < -0.4 is 10.6 Å². The Labute approximate surface area is 120 Å². The second-order valence-electron chi connectivity index (χ2n) is 4.98. The van der Waals surface area contributed by atoms with E-state index in [4.69, 9.17) is 11.6 Å². The summed E-state index contributed by atoms with van der Waals surface area (Å²) in [5.74, 6) is -1.77. The Morgan fingerprint density at radius 1 is 1.35 bits per heavy atom. The topological polar surface area (TPSA) is 61.4 Å². The quantitative estimate of drug-likeness (QED) is 0.804. The minimum absolute atomic E-state index is 0.0826. The molecule has 0 heterocycles. The normalized spacial score (nSPS) is 17.0. The summed E-state index contributed by atoms with van der Waals surface area (Å²) in [5.41, 5.74) is -1.19. The van der Waals surface area contributed by atoms with Gasteiger partial charge in [-0.25, -0.2) is 13.6 Å². The zero-order valence-corrected chi connectivity index (χ0v) is 11.4. The minimum Gasteiger partial charge on any atom is -0.388 e. The van der Waals surface area contributed by atoms with E-state index >= 15 is 0 Å². The van der Waals surface area contributed by atoms with Crippen LogP contribution in [-0.4, -0.2) is 23.3 Å². The van der Waals surface area contributed by atoms with Crippen LogP contribution in [0.2, 0.25) is 5.02 Å². The molecule has 2 rings (SSSR count). The molecule has 1 aliphatic rings. The van der Waals surface area contributed by atoms with E-state index in [1.165, 1.54) is 0 Å². The maximum atomic E-state index is 13.5. The van der Waals surface area contributed by atoms with Gasteiger partial charge in [-0.2, -0.15) is 0 Å². The maximum absolute atomic E-state index is 13.5. The summed E-state index contributed by atoms with van der Waals surface area (Å²) < 4.78 is 26.3. The van der Waals surface area contributed by atoms with Crippen molar-refractivity contribution in [2.24, 2.45) is 0 Å². The Hall–Kier alpha value is -1.40. The number of aliphatic hydroxyl groups is 1. The van der Waals surface area contributed by atoms with Gasteiger partial charge in [0.1, 0.15) is 5.82 Å². The van der Waals surface area contributed by atoms with Crippen LogP contribution in [-0.2, 0) is 0 Å². The Kier molecular flexibility index (Phi) is 4.45. The maximum Gasteiger partial charge on any atom is 0.319 e. The number of rotatable bonds is 3. The van der Waals surface area contributed by atoms with Gasteiger partial charge >= 0.3 is 6.03 Å². The number of hydrogen-bond donors (Lipinski definition) is 3. The van der Waals surface area contributed by atoms with Crippen LogP contribution in [0.3, 0.4) is 0 Å². The number of anilines is 1. The van der Waals surface area contributed by atoms with Gasteiger partial charge in [0.25, 0.3) is 0 Å². The molecular weight excluding hydrogens is 290 g/mol. The van der Waals surface area contributed by atoms with Crippen molar-refractivity contribution in [2.45, 2.75) is 31.3 Å². The molecule has 0 aliphatic heterocycles. The summed E-state index contributed by atoms with van der Waals surface area (Å²) >= 11 is 5.66. The number of hydrogen-bond acceptors (Lipinski definition) is 2. The molecule has 1 fully saturated rings. The fraction of sp³-hybridized carbons (Fsp3) is 0.462. The van der Waals surface area contributed by atoms with Gasteiger partial charge in [-0.15, -0.1) is 0 Å². The first-order valence-corrected chi connectivity index (χ1v) is 6.69. The summed E-state index contributed by atoms with van der Waals surface area (Å²) in [4.78, 5) is 11.6. The summed E-state index contributed by atoms with van der Waals surface area (Å²) in [6, 6.07) is 0.842. The number of carbonyl (C=O) groups excluding carboxylic acids is 1. The van der Waals surface area contributed by atoms with E-state index in [9.17, 15) is 18.7 Å². The van der Waals surface area contributed by atoms with Gasteiger partial charge in [0, 0.05) is 12.6 Å². The van der Waals surface area contributed by atoms with Crippen molar-refractivity contribution in [1.29, 1.82) is 0 Å². The number of carbonyl (C=O) groups is 1. The number of benzene rings is 1. The highest BCUT2D eigenvalue weighted by atomic mass is 35.5. The minimum atomic E-state index is -0.954. The zero-order valence-electron chi connectivity index (χ0n) is 10.7. The van der Waals surface area contributed by atoms with Gasteiger partial charge in [0.05, 0.1) is 16.3 Å². The molecule has 0 bridgehead atoms. The second-order valence-corrected chi connectivity index (χ2v) is 5.39. The van der Waals surface area contributed by atoms with E-state index in [2.05, 4.69) is 10.6 Å². The van der Waals surface area contributed by atoms with Gasteiger partial charge in [0.15, 0.2) is 5.82 Å². The van der Waals surface area contributed by atoms with E-state index < -0.39 is 23.3 Å². The van der Waals surface area contributed by atoms with E-state index in [1.54, 1.807) is 0 Å². The van der Waals surface area contributed by atoms with Crippen molar-refractivity contribution in [2.75, 3.05) is 11.9 Å². The molecule has 2 amide bonds. The highest BCUT2D eigenvalue weighted by molar-refractivity contribution is 6.33. The van der Waals surface area contributed by atoms with Crippen LogP contribution in [0.25, 0.3) is 0 Å². The van der Waals surface area contributed by atoms with Gasteiger partial charge in [-0.3, -0.25) is 0 Å². The van der Waals surface area contributed by atoms with Crippen LogP contribution >= 0.6 is 11.6 Å². The van der Waals surface area contributed by atoms with Crippen molar-refractivity contribution in [1.82, 2.24) is 5.32 Å². The number of urea groups is 1. The molecule has 4 nitrogen and oxygen atoms in total. The first-order chi connectivity index (χ1) is 9.39. The molecule has 1 aromatic carbocycles. The molecule has 0 radical (unpaired) electrons. The fourth-order valence-electron chi connectivity index (χ4n) is 2.27. The first kappa shape index (κ1) is 15.0. The summed E-state index contributed by atoms with van der Waals surface area (Å²) in [5, 5.41) is 14.5. The smallest absolute Gasteiger partial charge is 0.319 e. The standard InChI is InChI=1S/C13H15ClF2N2O2/c14-9-5-8(15)6-10(16)11(9)18-12(19)17-7-13(20)3-1-2-4-13/h5-6,20H,1-4,7H2,(H2,17,18,19). The lowest BCUT2D eigenvalue weighted by Crippen LogP contribution is -2.42.